The second-order valence-corrected chi connectivity index (χ2v) is 5.89. The van der Waals surface area contributed by atoms with Gasteiger partial charge in [-0.15, -0.1) is 0 Å². The highest BCUT2D eigenvalue weighted by Gasteiger charge is 2.02. The van der Waals surface area contributed by atoms with Crippen molar-refractivity contribution in [1.29, 1.82) is 0 Å². The fourth-order valence-electron chi connectivity index (χ4n) is 2.23. The van der Waals surface area contributed by atoms with Crippen LogP contribution in [0, 0.1) is 0 Å². The lowest BCUT2D eigenvalue weighted by molar-refractivity contribution is 1.15. The molecule has 3 heteroatoms. The van der Waals surface area contributed by atoms with Gasteiger partial charge in [0.1, 0.15) is 0 Å². The maximum absolute atomic E-state index is 6.01. The van der Waals surface area contributed by atoms with Gasteiger partial charge in [-0.3, -0.25) is 0 Å². The largest absolute Gasteiger partial charge is 0.380 e. The molecule has 20 heavy (non-hydrogen) atoms. The Bertz CT molecular complexity index is 750. The van der Waals surface area contributed by atoms with Crippen molar-refractivity contribution in [2.75, 3.05) is 5.32 Å². The lowest BCUT2D eigenvalue weighted by Gasteiger charge is -2.10. The molecule has 1 nitrogen and oxygen atoms in total. The second kappa shape index (κ2) is 5.86. The predicted octanol–water partition coefficient (Wildman–Crippen LogP) is 5.87. The standard InChI is InChI=1S/C17H13BrClN/c18-15-10-12(8-9-16(15)19)11-20-17-7-3-5-13-4-1-2-6-14(13)17/h1-10,20H,11H2. The van der Waals surface area contributed by atoms with E-state index in [2.05, 4.69) is 63.7 Å². The quantitative estimate of drug-likeness (QED) is 0.625. The van der Waals surface area contributed by atoms with Crippen LogP contribution in [0.5, 0.6) is 0 Å². The van der Waals surface area contributed by atoms with E-state index in [9.17, 15) is 0 Å². The Kier molecular flexibility index (Phi) is 3.95. The Labute approximate surface area is 131 Å². The van der Waals surface area contributed by atoms with E-state index >= 15 is 0 Å². The Hall–Kier alpha value is -1.51. The topological polar surface area (TPSA) is 12.0 Å². The molecule has 0 fully saturated rings. The monoisotopic (exact) mass is 345 g/mol. The summed E-state index contributed by atoms with van der Waals surface area (Å²) in [6.45, 7) is 0.768. The first-order valence-corrected chi connectivity index (χ1v) is 7.57. The molecule has 0 atom stereocenters. The maximum Gasteiger partial charge on any atom is 0.0548 e. The summed E-state index contributed by atoms with van der Waals surface area (Å²) in [7, 11) is 0. The van der Waals surface area contributed by atoms with Crippen LogP contribution in [0.2, 0.25) is 5.02 Å². The van der Waals surface area contributed by atoms with Gasteiger partial charge in [0.05, 0.1) is 5.02 Å². The van der Waals surface area contributed by atoms with Gasteiger partial charge in [0.2, 0.25) is 0 Å². The molecule has 0 radical (unpaired) electrons. The van der Waals surface area contributed by atoms with Crippen molar-refractivity contribution in [2.45, 2.75) is 6.54 Å². The molecule has 0 spiro atoms. The third kappa shape index (κ3) is 2.82. The lowest BCUT2D eigenvalue weighted by atomic mass is 10.1. The van der Waals surface area contributed by atoms with Crippen molar-refractivity contribution in [3.63, 3.8) is 0 Å². The molecule has 0 unspecified atom stereocenters. The summed E-state index contributed by atoms with van der Waals surface area (Å²) in [6.07, 6.45) is 0. The summed E-state index contributed by atoms with van der Waals surface area (Å²) >= 11 is 9.46. The minimum absolute atomic E-state index is 0.735. The molecule has 1 N–H and O–H groups in total. The van der Waals surface area contributed by atoms with E-state index in [1.807, 2.05) is 18.2 Å². The molecule has 0 heterocycles. The normalized spacial score (nSPS) is 10.7. The summed E-state index contributed by atoms with van der Waals surface area (Å²) in [5, 5.41) is 6.71. The zero-order valence-corrected chi connectivity index (χ0v) is 13.1. The predicted molar refractivity (Wildman–Crippen MR) is 90.4 cm³/mol. The van der Waals surface area contributed by atoms with Crippen LogP contribution in [0.15, 0.2) is 65.1 Å². The van der Waals surface area contributed by atoms with Gasteiger partial charge >= 0.3 is 0 Å². The van der Waals surface area contributed by atoms with Gasteiger partial charge in [-0.05, 0) is 45.1 Å². The number of halogens is 2. The van der Waals surface area contributed by atoms with E-state index in [1.54, 1.807) is 0 Å². The van der Waals surface area contributed by atoms with Crippen molar-refractivity contribution >= 4 is 44.0 Å². The number of nitrogens with one attached hydrogen (secondary N) is 1. The van der Waals surface area contributed by atoms with Crippen molar-refractivity contribution in [2.24, 2.45) is 0 Å². The van der Waals surface area contributed by atoms with Crippen LogP contribution in [0.4, 0.5) is 5.69 Å². The molecular weight excluding hydrogens is 334 g/mol. The van der Waals surface area contributed by atoms with Crippen LogP contribution >= 0.6 is 27.5 Å². The van der Waals surface area contributed by atoms with Crippen LogP contribution in [0.1, 0.15) is 5.56 Å². The van der Waals surface area contributed by atoms with Gasteiger partial charge in [0.25, 0.3) is 0 Å². The number of anilines is 1. The van der Waals surface area contributed by atoms with Crippen LogP contribution < -0.4 is 5.32 Å². The molecule has 0 aliphatic heterocycles. The minimum Gasteiger partial charge on any atom is -0.380 e. The SMILES string of the molecule is Clc1ccc(CNc2cccc3ccccc23)cc1Br. The molecule has 3 aromatic carbocycles. The average molecular weight is 347 g/mol. The first kappa shape index (κ1) is 13.5. The summed E-state index contributed by atoms with van der Waals surface area (Å²) in [5.74, 6) is 0. The summed E-state index contributed by atoms with van der Waals surface area (Å²) in [4.78, 5) is 0. The Morgan fingerprint density at radius 3 is 2.60 bits per heavy atom. The molecule has 0 bridgehead atoms. The van der Waals surface area contributed by atoms with Gasteiger partial charge in [0.15, 0.2) is 0 Å². The summed E-state index contributed by atoms with van der Waals surface area (Å²) in [6, 6.07) is 20.7. The average Bonchev–Trinajstić information content (AvgIpc) is 2.48. The van der Waals surface area contributed by atoms with Crippen LogP contribution in [-0.4, -0.2) is 0 Å². The lowest BCUT2D eigenvalue weighted by Crippen LogP contribution is -1.99. The molecule has 0 aromatic heterocycles. The molecule has 0 saturated heterocycles. The number of hydrogen-bond acceptors (Lipinski definition) is 1. The van der Waals surface area contributed by atoms with Crippen molar-refractivity contribution in [3.8, 4) is 0 Å². The molecular formula is C17H13BrClN. The highest BCUT2D eigenvalue weighted by Crippen LogP contribution is 2.26. The highest BCUT2D eigenvalue weighted by atomic mass is 79.9. The zero-order chi connectivity index (χ0) is 13.9. The summed E-state index contributed by atoms with van der Waals surface area (Å²) < 4.78 is 0.927. The van der Waals surface area contributed by atoms with E-state index in [4.69, 9.17) is 11.6 Å². The van der Waals surface area contributed by atoms with Crippen LogP contribution in [-0.2, 0) is 6.54 Å². The van der Waals surface area contributed by atoms with Crippen LogP contribution in [0.25, 0.3) is 10.8 Å². The molecule has 3 rings (SSSR count). The smallest absolute Gasteiger partial charge is 0.0548 e. The van der Waals surface area contributed by atoms with Crippen molar-refractivity contribution < 1.29 is 0 Å². The molecule has 0 aliphatic carbocycles. The van der Waals surface area contributed by atoms with Crippen LogP contribution in [0.3, 0.4) is 0 Å². The molecule has 3 aromatic rings. The highest BCUT2D eigenvalue weighted by molar-refractivity contribution is 9.10. The fraction of sp³-hybridized carbons (Fsp3) is 0.0588. The first-order chi connectivity index (χ1) is 9.74. The number of benzene rings is 3. The Morgan fingerprint density at radius 1 is 0.950 bits per heavy atom. The first-order valence-electron chi connectivity index (χ1n) is 6.39. The third-order valence-electron chi connectivity index (χ3n) is 3.26. The van der Waals surface area contributed by atoms with E-state index in [1.165, 1.54) is 16.3 Å². The second-order valence-electron chi connectivity index (χ2n) is 4.63. The van der Waals surface area contributed by atoms with E-state index in [0.29, 0.717) is 0 Å². The van der Waals surface area contributed by atoms with Gasteiger partial charge in [0, 0.05) is 22.1 Å². The van der Waals surface area contributed by atoms with E-state index < -0.39 is 0 Å². The van der Waals surface area contributed by atoms with Crippen molar-refractivity contribution in [1.82, 2.24) is 0 Å². The number of fused-ring (bicyclic) bond motifs is 1. The Morgan fingerprint density at radius 2 is 1.75 bits per heavy atom. The number of rotatable bonds is 3. The molecule has 0 amide bonds. The van der Waals surface area contributed by atoms with Gasteiger partial charge in [-0.25, -0.2) is 0 Å². The summed E-state index contributed by atoms with van der Waals surface area (Å²) in [5.41, 5.74) is 2.34. The van der Waals surface area contributed by atoms with Gasteiger partial charge in [-0.1, -0.05) is 54.1 Å². The van der Waals surface area contributed by atoms with E-state index in [-0.39, 0.29) is 0 Å². The minimum atomic E-state index is 0.735. The third-order valence-corrected chi connectivity index (χ3v) is 4.47. The van der Waals surface area contributed by atoms with Gasteiger partial charge < -0.3 is 5.32 Å². The Balaban J connectivity index is 1.85. The molecule has 0 aliphatic rings. The molecule has 0 saturated carbocycles. The van der Waals surface area contributed by atoms with Crippen molar-refractivity contribution in [3.05, 3.63) is 75.7 Å². The van der Waals surface area contributed by atoms with Gasteiger partial charge in [-0.2, -0.15) is 0 Å². The maximum atomic E-state index is 6.01. The van der Waals surface area contributed by atoms with E-state index in [0.717, 1.165) is 21.7 Å². The molecule has 100 valence electrons. The fourth-order valence-corrected chi connectivity index (χ4v) is 2.77. The zero-order valence-electron chi connectivity index (χ0n) is 10.7. The number of hydrogen-bond donors (Lipinski definition) is 1.